The second-order valence-corrected chi connectivity index (χ2v) is 8.36. The molecule has 6 nitrogen and oxygen atoms in total. The van der Waals surface area contributed by atoms with E-state index >= 15 is 0 Å². The number of hydrogen-bond donors (Lipinski definition) is 0. The molecular weight excluding hydrogens is 416 g/mol. The molecular formula is C27H28N2O4. The molecule has 3 aromatic rings. The third-order valence-electron chi connectivity index (χ3n) is 6.18. The maximum Gasteiger partial charge on any atom is 0.258 e. The lowest BCUT2D eigenvalue weighted by Gasteiger charge is -2.19. The van der Waals surface area contributed by atoms with Gasteiger partial charge in [-0.2, -0.15) is 0 Å². The molecule has 1 amide bonds. The Labute approximate surface area is 194 Å². The van der Waals surface area contributed by atoms with Crippen LogP contribution in [0.5, 0.6) is 23.0 Å². The molecule has 2 aliphatic rings. The molecule has 3 aromatic carbocycles. The van der Waals surface area contributed by atoms with Gasteiger partial charge in [-0.05, 0) is 74.0 Å². The molecule has 0 N–H and O–H groups in total. The minimum absolute atomic E-state index is 0.0268. The summed E-state index contributed by atoms with van der Waals surface area (Å²) < 4.78 is 17.5. The number of nitrogens with zero attached hydrogens (tertiary/aromatic N) is 2. The summed E-state index contributed by atoms with van der Waals surface area (Å²) in [5.74, 6) is 2.78. The average molecular weight is 445 g/mol. The van der Waals surface area contributed by atoms with E-state index in [0.717, 1.165) is 36.6 Å². The largest absolute Gasteiger partial charge is 0.493 e. The van der Waals surface area contributed by atoms with Gasteiger partial charge in [0.1, 0.15) is 18.1 Å². The fourth-order valence-corrected chi connectivity index (χ4v) is 4.43. The molecule has 0 aromatic heterocycles. The number of ether oxygens (including phenoxy) is 3. The predicted molar refractivity (Wildman–Crippen MR) is 128 cm³/mol. The lowest BCUT2D eigenvalue weighted by atomic mass is 10.1. The number of rotatable bonds is 8. The molecule has 0 bridgehead atoms. The molecule has 1 saturated heterocycles. The summed E-state index contributed by atoms with van der Waals surface area (Å²) in [6.45, 7) is 4.31. The molecule has 0 atom stereocenters. The molecule has 5 rings (SSSR count). The Morgan fingerprint density at radius 2 is 1.70 bits per heavy atom. The van der Waals surface area contributed by atoms with Gasteiger partial charge in [-0.3, -0.25) is 9.69 Å². The van der Waals surface area contributed by atoms with Crippen molar-refractivity contribution in [1.82, 2.24) is 4.90 Å². The van der Waals surface area contributed by atoms with Crippen molar-refractivity contribution in [2.45, 2.75) is 19.4 Å². The van der Waals surface area contributed by atoms with Gasteiger partial charge in [-0.25, -0.2) is 0 Å². The van der Waals surface area contributed by atoms with E-state index in [-0.39, 0.29) is 5.91 Å². The lowest BCUT2D eigenvalue weighted by molar-refractivity contribution is 0.0996. The van der Waals surface area contributed by atoms with Crippen molar-refractivity contribution in [1.29, 1.82) is 0 Å². The van der Waals surface area contributed by atoms with Crippen LogP contribution in [0.3, 0.4) is 0 Å². The van der Waals surface area contributed by atoms with E-state index in [0.29, 0.717) is 36.0 Å². The predicted octanol–water partition coefficient (Wildman–Crippen LogP) is 5.12. The molecule has 0 spiro atoms. The van der Waals surface area contributed by atoms with Gasteiger partial charge in [0, 0.05) is 23.9 Å². The first-order chi connectivity index (χ1) is 16.2. The van der Waals surface area contributed by atoms with Crippen molar-refractivity contribution in [2.24, 2.45) is 0 Å². The number of fused-ring (bicyclic) bond motifs is 1. The van der Waals surface area contributed by atoms with E-state index in [1.54, 1.807) is 12.0 Å². The summed E-state index contributed by atoms with van der Waals surface area (Å²) in [7, 11) is 1.63. The molecule has 2 aliphatic heterocycles. The first-order valence-corrected chi connectivity index (χ1v) is 11.4. The number of anilines is 1. The van der Waals surface area contributed by atoms with Crippen molar-refractivity contribution >= 4 is 11.6 Å². The smallest absolute Gasteiger partial charge is 0.258 e. The quantitative estimate of drug-likeness (QED) is 0.483. The van der Waals surface area contributed by atoms with Crippen LogP contribution in [0.1, 0.15) is 28.8 Å². The number of para-hydroxylation sites is 1. The third-order valence-corrected chi connectivity index (χ3v) is 6.18. The first-order valence-electron chi connectivity index (χ1n) is 11.4. The SMILES string of the molecule is COc1cc(N2Cc3cc(Oc4ccccc4)ccc3C2=O)ccc1OCCN1CCCC1. The van der Waals surface area contributed by atoms with Gasteiger partial charge in [0.15, 0.2) is 11.5 Å². The van der Waals surface area contributed by atoms with Gasteiger partial charge in [0.2, 0.25) is 0 Å². The van der Waals surface area contributed by atoms with Gasteiger partial charge >= 0.3 is 0 Å². The second-order valence-electron chi connectivity index (χ2n) is 8.36. The maximum absolute atomic E-state index is 13.1. The standard InChI is InChI=1S/C27H28N2O4/c1-31-26-18-21(9-12-25(26)32-16-15-28-13-5-6-14-28)29-19-20-17-23(10-11-24(20)27(29)30)33-22-7-3-2-4-8-22/h2-4,7-12,17-18H,5-6,13-16,19H2,1H3. The Bertz CT molecular complexity index is 1130. The van der Waals surface area contributed by atoms with Crippen LogP contribution >= 0.6 is 0 Å². The molecule has 170 valence electrons. The summed E-state index contributed by atoms with van der Waals surface area (Å²) >= 11 is 0. The minimum Gasteiger partial charge on any atom is -0.493 e. The Morgan fingerprint density at radius 1 is 0.879 bits per heavy atom. The number of amides is 1. The zero-order chi connectivity index (χ0) is 22.6. The highest BCUT2D eigenvalue weighted by Gasteiger charge is 2.29. The van der Waals surface area contributed by atoms with Gasteiger partial charge in [0.05, 0.1) is 13.7 Å². The van der Waals surface area contributed by atoms with Crippen molar-refractivity contribution in [3.63, 3.8) is 0 Å². The number of likely N-dealkylation sites (tertiary alicyclic amines) is 1. The average Bonchev–Trinajstić information content (AvgIpc) is 3.48. The molecule has 0 saturated carbocycles. The Morgan fingerprint density at radius 3 is 2.48 bits per heavy atom. The number of methoxy groups -OCH3 is 1. The Kier molecular flexibility index (Phi) is 6.17. The van der Waals surface area contributed by atoms with Crippen LogP contribution in [-0.4, -0.2) is 44.2 Å². The van der Waals surface area contributed by atoms with Crippen LogP contribution in [0, 0.1) is 0 Å². The third kappa shape index (κ3) is 4.66. The normalized spacial score (nSPS) is 15.5. The van der Waals surface area contributed by atoms with E-state index in [9.17, 15) is 4.79 Å². The zero-order valence-corrected chi connectivity index (χ0v) is 18.8. The highest BCUT2D eigenvalue weighted by molar-refractivity contribution is 6.10. The second kappa shape index (κ2) is 9.55. The van der Waals surface area contributed by atoms with E-state index in [4.69, 9.17) is 14.2 Å². The fourth-order valence-electron chi connectivity index (χ4n) is 4.43. The number of benzene rings is 3. The van der Waals surface area contributed by atoms with E-state index < -0.39 is 0 Å². The van der Waals surface area contributed by atoms with Gasteiger partial charge < -0.3 is 19.1 Å². The monoisotopic (exact) mass is 444 g/mol. The number of hydrogen-bond acceptors (Lipinski definition) is 5. The van der Waals surface area contributed by atoms with Gasteiger partial charge in [-0.1, -0.05) is 18.2 Å². The number of carbonyl (C=O) groups excluding carboxylic acids is 1. The van der Waals surface area contributed by atoms with E-state index in [1.165, 1.54) is 12.8 Å². The highest BCUT2D eigenvalue weighted by atomic mass is 16.5. The summed E-state index contributed by atoms with van der Waals surface area (Å²) in [5.41, 5.74) is 2.42. The summed E-state index contributed by atoms with van der Waals surface area (Å²) in [6, 6.07) is 20.9. The molecule has 6 heteroatoms. The van der Waals surface area contributed by atoms with Crippen LogP contribution in [0.15, 0.2) is 66.7 Å². The van der Waals surface area contributed by atoms with Gasteiger partial charge in [0.25, 0.3) is 5.91 Å². The number of carbonyl (C=O) groups is 1. The van der Waals surface area contributed by atoms with Crippen molar-refractivity contribution in [3.05, 3.63) is 77.9 Å². The van der Waals surface area contributed by atoms with Crippen molar-refractivity contribution < 1.29 is 19.0 Å². The molecule has 0 unspecified atom stereocenters. The van der Waals surface area contributed by atoms with Gasteiger partial charge in [-0.15, -0.1) is 0 Å². The first kappa shape index (κ1) is 21.3. The van der Waals surface area contributed by atoms with Crippen molar-refractivity contribution in [2.75, 3.05) is 38.3 Å². The topological polar surface area (TPSA) is 51.2 Å². The van der Waals surface area contributed by atoms with Crippen LogP contribution in [0.25, 0.3) is 0 Å². The lowest BCUT2D eigenvalue weighted by Crippen LogP contribution is -2.25. The fraction of sp³-hybridized carbons (Fsp3) is 0.296. The van der Waals surface area contributed by atoms with E-state index in [2.05, 4.69) is 4.90 Å². The molecule has 1 fully saturated rings. The summed E-state index contributed by atoms with van der Waals surface area (Å²) in [5, 5.41) is 0. The summed E-state index contributed by atoms with van der Waals surface area (Å²) in [6.07, 6.45) is 2.54. The molecule has 0 aliphatic carbocycles. The molecule has 0 radical (unpaired) electrons. The van der Waals surface area contributed by atoms with Crippen LogP contribution in [0.4, 0.5) is 5.69 Å². The Balaban J connectivity index is 1.28. The summed E-state index contributed by atoms with van der Waals surface area (Å²) in [4.78, 5) is 17.2. The minimum atomic E-state index is -0.0268. The maximum atomic E-state index is 13.1. The van der Waals surface area contributed by atoms with Crippen LogP contribution < -0.4 is 19.1 Å². The van der Waals surface area contributed by atoms with Crippen LogP contribution in [0.2, 0.25) is 0 Å². The Hall–Kier alpha value is -3.51. The molecule has 33 heavy (non-hydrogen) atoms. The van der Waals surface area contributed by atoms with Crippen molar-refractivity contribution in [3.8, 4) is 23.0 Å². The molecule has 2 heterocycles. The van der Waals surface area contributed by atoms with E-state index in [1.807, 2.05) is 66.7 Å². The highest BCUT2D eigenvalue weighted by Crippen LogP contribution is 2.36. The zero-order valence-electron chi connectivity index (χ0n) is 18.8. The van der Waals surface area contributed by atoms with Crippen LogP contribution in [-0.2, 0) is 6.54 Å².